The number of halogens is 3. The Kier molecular flexibility index (Phi) is 8.00. The number of rotatable bonds is 7. The second-order valence-corrected chi connectivity index (χ2v) is 10.9. The van der Waals surface area contributed by atoms with Gasteiger partial charge in [0.25, 0.3) is 5.56 Å². The van der Waals surface area contributed by atoms with Crippen molar-refractivity contribution in [1.29, 1.82) is 0 Å². The summed E-state index contributed by atoms with van der Waals surface area (Å²) < 4.78 is 48.2. The molecule has 2 rings (SSSR count). The number of nitrogens with one attached hydrogen (secondary N) is 1. The second kappa shape index (κ2) is 9.88. The van der Waals surface area contributed by atoms with Gasteiger partial charge in [-0.25, -0.2) is 4.79 Å². The minimum absolute atomic E-state index is 0.0255. The summed E-state index contributed by atoms with van der Waals surface area (Å²) in [4.78, 5) is 25.4. The molecule has 0 saturated heterocycles. The predicted octanol–water partition coefficient (Wildman–Crippen LogP) is 6.60. The Balaban J connectivity index is 3.08. The molecule has 34 heavy (non-hydrogen) atoms. The summed E-state index contributed by atoms with van der Waals surface area (Å²) in [5, 5.41) is 12.2. The number of alkyl halides is 3. The third kappa shape index (κ3) is 6.45. The fraction of sp³-hybridized carbons (Fsp3) is 0.600. The predicted molar refractivity (Wildman–Crippen MR) is 126 cm³/mol. The van der Waals surface area contributed by atoms with Crippen molar-refractivity contribution in [1.82, 2.24) is 9.88 Å². The molecule has 0 saturated carbocycles. The van der Waals surface area contributed by atoms with Gasteiger partial charge in [0.2, 0.25) is 0 Å². The van der Waals surface area contributed by atoms with Crippen molar-refractivity contribution in [2.45, 2.75) is 80.1 Å². The van der Waals surface area contributed by atoms with Gasteiger partial charge in [-0.05, 0) is 35.4 Å². The van der Waals surface area contributed by atoms with Crippen molar-refractivity contribution in [3.05, 3.63) is 39.8 Å². The number of unbranched alkanes of at least 4 members (excludes halogenated alkanes) is 1. The molecule has 190 valence electrons. The second-order valence-electron chi connectivity index (χ2n) is 10.9. The van der Waals surface area contributed by atoms with Crippen LogP contribution in [0.5, 0.6) is 5.75 Å². The molecule has 2 aromatic rings. The van der Waals surface area contributed by atoms with Gasteiger partial charge in [0.05, 0.1) is 29.3 Å². The maximum absolute atomic E-state index is 13.6. The first-order chi connectivity index (χ1) is 15.5. The summed E-state index contributed by atoms with van der Waals surface area (Å²) >= 11 is 0. The minimum Gasteiger partial charge on any atom is -0.491 e. The number of benzene rings is 1. The van der Waals surface area contributed by atoms with Crippen LogP contribution < -0.4 is 15.6 Å². The summed E-state index contributed by atoms with van der Waals surface area (Å²) in [6, 6.07) is 2.06. The highest BCUT2D eigenvalue weighted by atomic mass is 19.4. The lowest BCUT2D eigenvalue weighted by atomic mass is 9.83. The van der Waals surface area contributed by atoms with Crippen molar-refractivity contribution < 1.29 is 27.8 Å². The molecule has 1 amide bonds. The summed E-state index contributed by atoms with van der Waals surface area (Å²) in [5.41, 5.74) is -2.26. The topological polar surface area (TPSA) is 80.6 Å². The summed E-state index contributed by atoms with van der Waals surface area (Å²) in [6.07, 6.45) is -4.49. The van der Waals surface area contributed by atoms with Crippen molar-refractivity contribution in [3.8, 4) is 5.75 Å². The zero-order valence-corrected chi connectivity index (χ0v) is 20.9. The van der Waals surface area contributed by atoms with Crippen molar-refractivity contribution in [2.75, 3.05) is 6.61 Å². The average molecular weight is 485 g/mol. The Hall–Kier alpha value is -2.71. The number of carboxylic acid groups (broad SMARTS) is 1. The average Bonchev–Trinajstić information content (AvgIpc) is 2.67. The largest absolute Gasteiger partial charge is 0.491 e. The number of hydrogen-bond acceptors (Lipinski definition) is 3. The van der Waals surface area contributed by atoms with E-state index < -0.39 is 34.8 Å². The van der Waals surface area contributed by atoms with E-state index in [0.717, 1.165) is 18.6 Å². The van der Waals surface area contributed by atoms with E-state index in [2.05, 4.69) is 5.32 Å². The molecular weight excluding hydrogens is 449 g/mol. The van der Waals surface area contributed by atoms with E-state index in [4.69, 9.17) is 4.74 Å². The maximum atomic E-state index is 13.6. The first-order valence-electron chi connectivity index (χ1n) is 11.4. The highest BCUT2D eigenvalue weighted by molar-refractivity contribution is 5.89. The first-order valence-corrected chi connectivity index (χ1v) is 11.4. The third-order valence-electron chi connectivity index (χ3n) is 5.37. The molecule has 1 unspecified atom stereocenters. The van der Waals surface area contributed by atoms with E-state index in [1.807, 2.05) is 27.7 Å². The van der Waals surface area contributed by atoms with Crippen molar-refractivity contribution >= 4 is 16.9 Å². The Morgan fingerprint density at radius 2 is 1.74 bits per heavy atom. The molecule has 1 aromatic heterocycles. The summed E-state index contributed by atoms with van der Waals surface area (Å²) in [7, 11) is 0. The zero-order chi connectivity index (χ0) is 26.1. The van der Waals surface area contributed by atoms with Gasteiger partial charge in [-0.15, -0.1) is 0 Å². The van der Waals surface area contributed by atoms with Crippen LogP contribution in [-0.4, -0.2) is 22.4 Å². The lowest BCUT2D eigenvalue weighted by Crippen LogP contribution is -2.41. The van der Waals surface area contributed by atoms with Crippen LogP contribution >= 0.6 is 0 Å². The van der Waals surface area contributed by atoms with Gasteiger partial charge in [-0.3, -0.25) is 4.79 Å². The van der Waals surface area contributed by atoms with Crippen LogP contribution in [-0.2, 0) is 12.7 Å². The molecule has 0 radical (unpaired) electrons. The Morgan fingerprint density at radius 3 is 2.21 bits per heavy atom. The zero-order valence-electron chi connectivity index (χ0n) is 20.9. The van der Waals surface area contributed by atoms with Crippen LogP contribution in [0.25, 0.3) is 10.8 Å². The van der Waals surface area contributed by atoms with Crippen molar-refractivity contribution in [2.24, 2.45) is 10.8 Å². The third-order valence-corrected chi connectivity index (χ3v) is 5.37. The van der Waals surface area contributed by atoms with Gasteiger partial charge in [0.1, 0.15) is 5.75 Å². The number of ether oxygens (including phenoxy) is 1. The number of pyridine rings is 1. The van der Waals surface area contributed by atoms with Gasteiger partial charge < -0.3 is 19.7 Å². The molecule has 0 spiro atoms. The monoisotopic (exact) mass is 484 g/mol. The number of fused-ring (bicyclic) bond motifs is 1. The number of carbonyl (C=O) groups is 1. The molecule has 1 aromatic carbocycles. The van der Waals surface area contributed by atoms with E-state index >= 15 is 0 Å². The van der Waals surface area contributed by atoms with Crippen LogP contribution in [0, 0.1) is 10.8 Å². The first kappa shape index (κ1) is 27.5. The van der Waals surface area contributed by atoms with Gasteiger partial charge in [0, 0.05) is 11.9 Å². The van der Waals surface area contributed by atoms with Crippen molar-refractivity contribution in [3.63, 3.8) is 0 Å². The number of amides is 1. The van der Waals surface area contributed by atoms with Gasteiger partial charge in [0.15, 0.2) is 0 Å². The lowest BCUT2D eigenvalue weighted by Gasteiger charge is -2.35. The lowest BCUT2D eigenvalue weighted by molar-refractivity contribution is -0.137. The molecule has 6 nitrogen and oxygen atoms in total. The summed E-state index contributed by atoms with van der Waals surface area (Å²) in [5.74, 6) is 0.104. The Bertz CT molecular complexity index is 1090. The highest BCUT2D eigenvalue weighted by Gasteiger charge is 2.37. The van der Waals surface area contributed by atoms with E-state index in [-0.39, 0.29) is 40.8 Å². The summed E-state index contributed by atoms with van der Waals surface area (Å²) in [6.45, 7) is 13.6. The van der Waals surface area contributed by atoms with Gasteiger partial charge in [-0.1, -0.05) is 54.9 Å². The molecule has 0 bridgehead atoms. The SMILES string of the molecule is CCCCOc1c(C(NC(=O)O)C(C)(C)C)n(CC(C)(C)C)c(=O)c2ccc(C(F)(F)F)cc12. The molecule has 0 aliphatic rings. The molecule has 2 N–H and O–H groups in total. The molecular formula is C25H35F3N2O4. The van der Waals surface area contributed by atoms with E-state index in [9.17, 15) is 27.9 Å². The Labute approximate surface area is 198 Å². The van der Waals surface area contributed by atoms with Gasteiger partial charge >= 0.3 is 12.3 Å². The molecule has 0 fully saturated rings. The number of aromatic nitrogens is 1. The van der Waals surface area contributed by atoms with Crippen LogP contribution in [0.3, 0.4) is 0 Å². The van der Waals surface area contributed by atoms with E-state index in [1.165, 1.54) is 10.6 Å². The fourth-order valence-electron chi connectivity index (χ4n) is 3.82. The van der Waals surface area contributed by atoms with Crippen LogP contribution in [0.15, 0.2) is 23.0 Å². The fourth-order valence-corrected chi connectivity index (χ4v) is 3.82. The normalized spacial score (nSPS) is 13.7. The Morgan fingerprint density at radius 1 is 1.12 bits per heavy atom. The van der Waals surface area contributed by atoms with E-state index in [1.54, 1.807) is 20.8 Å². The van der Waals surface area contributed by atoms with Crippen LogP contribution in [0.2, 0.25) is 0 Å². The number of nitrogens with zero attached hydrogens (tertiary/aromatic N) is 1. The molecule has 9 heteroatoms. The molecule has 1 heterocycles. The minimum atomic E-state index is -4.61. The quantitative estimate of drug-likeness (QED) is 0.434. The maximum Gasteiger partial charge on any atom is 0.416 e. The standard InChI is InChI=1S/C25H35F3N2O4/c1-8-9-12-34-19-17-13-15(25(26,27)28)10-11-16(17)21(31)30(14-23(2,3)4)18(19)20(24(5,6)7)29-22(32)33/h10-11,13,20,29H,8-9,12,14H2,1-7H3,(H,32,33). The van der Waals surface area contributed by atoms with Crippen LogP contribution in [0.1, 0.15) is 78.6 Å². The smallest absolute Gasteiger partial charge is 0.416 e. The molecule has 1 atom stereocenters. The molecule has 0 aliphatic carbocycles. The highest BCUT2D eigenvalue weighted by Crippen LogP contribution is 2.42. The molecule has 0 aliphatic heterocycles. The van der Waals surface area contributed by atoms with Gasteiger partial charge in [-0.2, -0.15) is 13.2 Å². The van der Waals surface area contributed by atoms with Crippen LogP contribution in [0.4, 0.5) is 18.0 Å². The number of hydrogen-bond donors (Lipinski definition) is 2. The van der Waals surface area contributed by atoms with E-state index in [0.29, 0.717) is 6.42 Å².